The highest BCUT2D eigenvalue weighted by molar-refractivity contribution is 5.98. The molecule has 0 fully saturated rings. The van der Waals surface area contributed by atoms with Crippen LogP contribution in [0.3, 0.4) is 0 Å². The number of halogens is 1. The molecular weight excluding hydrogens is 377 g/mol. The molecule has 0 spiro atoms. The minimum atomic E-state index is -0.573. The number of para-hydroxylation sites is 2. The highest BCUT2D eigenvalue weighted by atomic mass is 19.1. The number of fused-ring (bicyclic) bond motifs is 1. The number of nitrogens with one attached hydrogen (secondary N) is 1. The molecular formula is C25H22FN3O. The maximum atomic E-state index is 15.6. The summed E-state index contributed by atoms with van der Waals surface area (Å²) in [5.74, 6) is -0.625. The maximum absolute atomic E-state index is 15.6. The molecule has 30 heavy (non-hydrogen) atoms. The summed E-state index contributed by atoms with van der Waals surface area (Å²) in [5, 5.41) is 3.89. The van der Waals surface area contributed by atoms with Gasteiger partial charge >= 0.3 is 0 Å². The van der Waals surface area contributed by atoms with Crippen molar-refractivity contribution in [3.8, 4) is 22.5 Å². The van der Waals surface area contributed by atoms with Crippen LogP contribution in [0.25, 0.3) is 33.4 Å². The van der Waals surface area contributed by atoms with Crippen molar-refractivity contribution in [2.45, 2.75) is 20.8 Å². The Kier molecular flexibility index (Phi) is 5.04. The van der Waals surface area contributed by atoms with Gasteiger partial charge in [0, 0.05) is 28.1 Å². The Hall–Kier alpha value is -3.60. The van der Waals surface area contributed by atoms with Crippen molar-refractivity contribution in [3.05, 3.63) is 78.7 Å². The molecule has 5 heteroatoms. The fourth-order valence-electron chi connectivity index (χ4n) is 3.15. The topological polar surface area (TPSA) is 54.9 Å². The molecule has 0 atom stereocenters. The van der Waals surface area contributed by atoms with Gasteiger partial charge in [-0.1, -0.05) is 63.2 Å². The van der Waals surface area contributed by atoms with Crippen LogP contribution in [0, 0.1) is 11.2 Å². The first-order valence-electron chi connectivity index (χ1n) is 9.76. The number of rotatable bonds is 3. The molecule has 4 rings (SSSR count). The van der Waals surface area contributed by atoms with E-state index in [-0.39, 0.29) is 11.6 Å². The van der Waals surface area contributed by atoms with Gasteiger partial charge in [-0.25, -0.2) is 9.37 Å². The maximum Gasteiger partial charge on any atom is 0.229 e. The van der Waals surface area contributed by atoms with Crippen molar-refractivity contribution >= 4 is 22.5 Å². The summed E-state index contributed by atoms with van der Waals surface area (Å²) < 4.78 is 15.6. The summed E-state index contributed by atoms with van der Waals surface area (Å²) in [5.41, 5.74) is 2.34. The van der Waals surface area contributed by atoms with Gasteiger partial charge < -0.3 is 5.32 Å². The summed E-state index contributed by atoms with van der Waals surface area (Å²) in [6, 6.07) is 20.2. The Morgan fingerprint density at radius 1 is 0.900 bits per heavy atom. The molecule has 2 heterocycles. The normalized spacial score (nSPS) is 11.5. The second-order valence-corrected chi connectivity index (χ2v) is 8.16. The van der Waals surface area contributed by atoms with Crippen molar-refractivity contribution in [1.29, 1.82) is 0 Å². The third-order valence-corrected chi connectivity index (χ3v) is 4.88. The Morgan fingerprint density at radius 3 is 2.43 bits per heavy atom. The lowest BCUT2D eigenvalue weighted by molar-refractivity contribution is -0.123. The Labute approximate surface area is 174 Å². The summed E-state index contributed by atoms with van der Waals surface area (Å²) in [4.78, 5) is 21.4. The lowest BCUT2D eigenvalue weighted by Crippen LogP contribution is -2.27. The first-order valence-corrected chi connectivity index (χ1v) is 9.76. The monoisotopic (exact) mass is 399 g/mol. The molecule has 4 aromatic rings. The summed E-state index contributed by atoms with van der Waals surface area (Å²) >= 11 is 0. The number of hydrogen-bond donors (Lipinski definition) is 1. The highest BCUT2D eigenvalue weighted by Crippen LogP contribution is 2.33. The first-order chi connectivity index (χ1) is 14.3. The molecule has 0 saturated carbocycles. The van der Waals surface area contributed by atoms with Crippen molar-refractivity contribution in [1.82, 2.24) is 9.97 Å². The van der Waals surface area contributed by atoms with E-state index in [4.69, 9.17) is 0 Å². The van der Waals surface area contributed by atoms with Gasteiger partial charge in [0.2, 0.25) is 5.91 Å². The first kappa shape index (κ1) is 19.7. The van der Waals surface area contributed by atoms with Gasteiger partial charge in [-0.2, -0.15) is 0 Å². The van der Waals surface area contributed by atoms with Gasteiger partial charge in [0.25, 0.3) is 0 Å². The predicted octanol–water partition coefficient (Wildman–Crippen LogP) is 6.09. The largest absolute Gasteiger partial charge is 0.325 e. The van der Waals surface area contributed by atoms with Gasteiger partial charge in [-0.05, 0) is 24.3 Å². The Bertz CT molecular complexity index is 1240. The van der Waals surface area contributed by atoms with E-state index in [1.54, 1.807) is 42.6 Å². The molecule has 2 aromatic heterocycles. The van der Waals surface area contributed by atoms with Crippen molar-refractivity contribution < 1.29 is 9.18 Å². The molecule has 0 saturated heterocycles. The van der Waals surface area contributed by atoms with Crippen molar-refractivity contribution in [3.63, 3.8) is 0 Å². The van der Waals surface area contributed by atoms with Crippen LogP contribution in [-0.2, 0) is 4.79 Å². The van der Waals surface area contributed by atoms with E-state index in [1.165, 1.54) is 0 Å². The molecule has 0 unspecified atom stereocenters. The van der Waals surface area contributed by atoms with E-state index in [2.05, 4.69) is 15.3 Å². The minimum absolute atomic E-state index is 0.150. The number of carbonyl (C=O) groups excluding carboxylic acids is 1. The number of benzene rings is 2. The number of hydrogen-bond acceptors (Lipinski definition) is 3. The lowest BCUT2D eigenvalue weighted by Gasteiger charge is -2.19. The second-order valence-electron chi connectivity index (χ2n) is 8.16. The number of aromatic nitrogens is 2. The lowest BCUT2D eigenvalue weighted by atomic mass is 9.95. The van der Waals surface area contributed by atoms with E-state index in [1.807, 2.05) is 51.1 Å². The zero-order chi connectivity index (χ0) is 21.3. The average Bonchev–Trinajstić information content (AvgIpc) is 2.73. The van der Waals surface area contributed by atoms with E-state index in [0.29, 0.717) is 22.5 Å². The predicted molar refractivity (Wildman–Crippen MR) is 118 cm³/mol. The van der Waals surface area contributed by atoms with E-state index in [0.717, 1.165) is 10.9 Å². The van der Waals surface area contributed by atoms with Gasteiger partial charge in [0.15, 0.2) is 5.82 Å². The van der Waals surface area contributed by atoms with Crippen LogP contribution in [0.1, 0.15) is 20.8 Å². The quantitative estimate of drug-likeness (QED) is 0.454. The van der Waals surface area contributed by atoms with Crippen LogP contribution in [0.2, 0.25) is 0 Å². The van der Waals surface area contributed by atoms with Crippen LogP contribution in [-0.4, -0.2) is 15.9 Å². The van der Waals surface area contributed by atoms with Crippen LogP contribution in [0.4, 0.5) is 10.1 Å². The van der Waals surface area contributed by atoms with Gasteiger partial charge in [0.05, 0.1) is 16.9 Å². The van der Waals surface area contributed by atoms with Crippen LogP contribution >= 0.6 is 0 Å². The molecule has 1 amide bonds. The zero-order valence-corrected chi connectivity index (χ0v) is 17.1. The SMILES string of the molecule is CC(C)(C)C(=O)Nc1ccccc1-c1nccc(-c2ccc3ccccc3n2)c1F. The van der Waals surface area contributed by atoms with Crippen molar-refractivity contribution in [2.24, 2.45) is 5.41 Å². The standard InChI is InChI=1S/C25H22FN3O/c1-25(2,3)24(30)29-20-11-7-5-9-18(20)23-22(26)17(14-15-27-23)21-13-12-16-8-4-6-10-19(16)28-21/h4-15H,1-3H3,(H,29,30). The van der Waals surface area contributed by atoms with E-state index < -0.39 is 11.2 Å². The molecule has 4 nitrogen and oxygen atoms in total. The molecule has 0 radical (unpaired) electrons. The number of pyridine rings is 2. The number of anilines is 1. The number of carbonyl (C=O) groups is 1. The molecule has 0 aliphatic heterocycles. The molecule has 0 bridgehead atoms. The summed E-state index contributed by atoms with van der Waals surface area (Å²) in [6.07, 6.45) is 1.56. The van der Waals surface area contributed by atoms with Crippen LogP contribution < -0.4 is 5.32 Å². The summed E-state index contributed by atoms with van der Waals surface area (Å²) in [6.45, 7) is 5.49. The highest BCUT2D eigenvalue weighted by Gasteiger charge is 2.23. The third kappa shape index (κ3) is 3.79. The number of amides is 1. The third-order valence-electron chi connectivity index (χ3n) is 4.88. The van der Waals surface area contributed by atoms with E-state index in [9.17, 15) is 4.79 Å². The minimum Gasteiger partial charge on any atom is -0.325 e. The fourth-order valence-corrected chi connectivity index (χ4v) is 3.15. The Balaban J connectivity index is 1.80. The van der Waals surface area contributed by atoms with E-state index >= 15 is 4.39 Å². The van der Waals surface area contributed by atoms with Crippen LogP contribution in [0.5, 0.6) is 0 Å². The molecule has 1 N–H and O–H groups in total. The summed E-state index contributed by atoms with van der Waals surface area (Å²) in [7, 11) is 0. The van der Waals surface area contributed by atoms with Crippen molar-refractivity contribution in [2.75, 3.05) is 5.32 Å². The van der Waals surface area contributed by atoms with Gasteiger partial charge in [-0.3, -0.25) is 9.78 Å². The second kappa shape index (κ2) is 7.67. The number of nitrogens with zero attached hydrogens (tertiary/aromatic N) is 2. The average molecular weight is 399 g/mol. The molecule has 2 aromatic carbocycles. The molecule has 0 aliphatic carbocycles. The van der Waals surface area contributed by atoms with Crippen LogP contribution in [0.15, 0.2) is 72.9 Å². The molecule has 0 aliphatic rings. The zero-order valence-electron chi connectivity index (χ0n) is 17.1. The van der Waals surface area contributed by atoms with Gasteiger partial charge in [-0.15, -0.1) is 0 Å². The van der Waals surface area contributed by atoms with Gasteiger partial charge in [0.1, 0.15) is 5.69 Å². The fraction of sp³-hybridized carbons (Fsp3) is 0.160. The molecule has 150 valence electrons. The Morgan fingerprint density at radius 2 is 1.63 bits per heavy atom. The smallest absolute Gasteiger partial charge is 0.229 e.